The van der Waals surface area contributed by atoms with Crippen LogP contribution in [0.2, 0.25) is 5.02 Å². The van der Waals surface area contributed by atoms with E-state index in [4.69, 9.17) is 11.6 Å². The molecule has 1 unspecified atom stereocenters. The third-order valence-corrected chi connectivity index (χ3v) is 4.39. The first-order valence-corrected chi connectivity index (χ1v) is 7.79. The summed E-state index contributed by atoms with van der Waals surface area (Å²) in [5, 5.41) is 3.64. The van der Waals surface area contributed by atoms with E-state index >= 15 is 0 Å². The predicted octanol–water partition coefficient (Wildman–Crippen LogP) is 2.69. The molecule has 116 valence electrons. The van der Waals surface area contributed by atoms with Crippen molar-refractivity contribution in [1.82, 2.24) is 0 Å². The summed E-state index contributed by atoms with van der Waals surface area (Å²) < 4.78 is 0. The molecule has 3 nitrogen and oxygen atoms in total. The molecule has 4 heteroatoms. The molecule has 0 radical (unpaired) electrons. The lowest BCUT2D eigenvalue weighted by Gasteiger charge is -2.21. The second-order valence-electron chi connectivity index (χ2n) is 5.63. The third-order valence-electron chi connectivity index (χ3n) is 3.98. The van der Waals surface area contributed by atoms with E-state index in [1.807, 2.05) is 57.3 Å². The highest BCUT2D eigenvalue weighted by Gasteiger charge is 2.22. The highest BCUT2D eigenvalue weighted by atomic mass is 35.5. The van der Waals surface area contributed by atoms with Gasteiger partial charge in [0.15, 0.2) is 6.04 Å². The fraction of sp³-hybridized carbons (Fsp3) is 0.278. The van der Waals surface area contributed by atoms with Crippen molar-refractivity contribution in [2.24, 2.45) is 0 Å². The predicted molar refractivity (Wildman–Crippen MR) is 91.3 cm³/mol. The van der Waals surface area contributed by atoms with Crippen LogP contribution in [0.25, 0.3) is 0 Å². The van der Waals surface area contributed by atoms with Crippen LogP contribution in [0, 0.1) is 6.92 Å². The molecular formula is C18H22ClN2O+. The summed E-state index contributed by atoms with van der Waals surface area (Å²) in [6.45, 7) is 4.65. The lowest BCUT2D eigenvalue weighted by Crippen LogP contribution is -3.12. The molecule has 22 heavy (non-hydrogen) atoms. The summed E-state index contributed by atoms with van der Waals surface area (Å²) in [5.41, 5.74) is 2.89. The zero-order valence-corrected chi connectivity index (χ0v) is 13.9. The molecule has 2 atom stereocenters. The minimum absolute atomic E-state index is 0.00111. The SMILES string of the molecule is Cc1c(Cl)cccc1NC(=O)[C@H](C)[NH+](C)Cc1ccccc1. The van der Waals surface area contributed by atoms with E-state index in [1.54, 1.807) is 0 Å². The van der Waals surface area contributed by atoms with Crippen molar-refractivity contribution in [3.05, 3.63) is 64.7 Å². The van der Waals surface area contributed by atoms with Crippen LogP contribution in [0.5, 0.6) is 0 Å². The number of hydrogen-bond acceptors (Lipinski definition) is 1. The topological polar surface area (TPSA) is 33.5 Å². The summed E-state index contributed by atoms with van der Waals surface area (Å²) in [6, 6.07) is 15.6. The van der Waals surface area contributed by atoms with Gasteiger partial charge in [-0.05, 0) is 31.5 Å². The van der Waals surface area contributed by atoms with Gasteiger partial charge in [-0.3, -0.25) is 4.79 Å². The fourth-order valence-electron chi connectivity index (χ4n) is 2.28. The second kappa shape index (κ2) is 7.43. The molecular weight excluding hydrogens is 296 g/mol. The van der Waals surface area contributed by atoms with Crippen molar-refractivity contribution in [2.45, 2.75) is 26.4 Å². The molecule has 0 saturated carbocycles. The Bertz CT molecular complexity index is 643. The van der Waals surface area contributed by atoms with E-state index in [0.29, 0.717) is 5.02 Å². The quantitative estimate of drug-likeness (QED) is 0.873. The van der Waals surface area contributed by atoms with Crippen molar-refractivity contribution in [2.75, 3.05) is 12.4 Å². The van der Waals surface area contributed by atoms with Crippen LogP contribution in [0.4, 0.5) is 5.69 Å². The van der Waals surface area contributed by atoms with Crippen LogP contribution < -0.4 is 10.2 Å². The van der Waals surface area contributed by atoms with Crippen LogP contribution in [0.1, 0.15) is 18.1 Å². The molecule has 0 aliphatic carbocycles. The van der Waals surface area contributed by atoms with Gasteiger partial charge in [0.25, 0.3) is 5.91 Å². The lowest BCUT2D eigenvalue weighted by atomic mass is 10.1. The van der Waals surface area contributed by atoms with Gasteiger partial charge in [-0.15, -0.1) is 0 Å². The number of halogens is 1. The van der Waals surface area contributed by atoms with Gasteiger partial charge < -0.3 is 10.2 Å². The van der Waals surface area contributed by atoms with Crippen molar-refractivity contribution in [1.29, 1.82) is 0 Å². The fourth-order valence-corrected chi connectivity index (χ4v) is 2.45. The first-order valence-electron chi connectivity index (χ1n) is 7.41. The number of quaternary nitrogens is 1. The van der Waals surface area contributed by atoms with E-state index in [1.165, 1.54) is 5.56 Å². The third kappa shape index (κ3) is 4.09. The second-order valence-corrected chi connectivity index (χ2v) is 6.04. The number of amides is 1. The van der Waals surface area contributed by atoms with Gasteiger partial charge in [-0.1, -0.05) is 48.0 Å². The zero-order valence-electron chi connectivity index (χ0n) is 13.2. The Hall–Kier alpha value is -1.84. The molecule has 2 aromatic rings. The molecule has 2 N–H and O–H groups in total. The van der Waals surface area contributed by atoms with E-state index in [-0.39, 0.29) is 11.9 Å². The monoisotopic (exact) mass is 317 g/mol. The molecule has 0 fully saturated rings. The number of rotatable bonds is 5. The number of likely N-dealkylation sites (N-methyl/N-ethyl adjacent to an activating group) is 1. The van der Waals surface area contributed by atoms with Crippen LogP contribution in [0.3, 0.4) is 0 Å². The number of carbonyl (C=O) groups excluding carboxylic acids is 1. The van der Waals surface area contributed by atoms with Crippen molar-refractivity contribution in [3.8, 4) is 0 Å². The number of hydrogen-bond donors (Lipinski definition) is 2. The first kappa shape index (κ1) is 16.5. The molecule has 2 rings (SSSR count). The molecule has 0 aliphatic heterocycles. The van der Waals surface area contributed by atoms with Crippen molar-refractivity contribution in [3.63, 3.8) is 0 Å². The maximum atomic E-state index is 12.4. The first-order chi connectivity index (χ1) is 10.5. The van der Waals surface area contributed by atoms with Gasteiger partial charge in [0, 0.05) is 16.3 Å². The Morgan fingerprint density at radius 2 is 1.86 bits per heavy atom. The maximum absolute atomic E-state index is 12.4. The van der Waals surface area contributed by atoms with E-state index in [2.05, 4.69) is 17.4 Å². The molecule has 0 aromatic heterocycles. The highest BCUT2D eigenvalue weighted by molar-refractivity contribution is 6.31. The van der Waals surface area contributed by atoms with Gasteiger partial charge >= 0.3 is 0 Å². The molecule has 0 heterocycles. The summed E-state index contributed by atoms with van der Waals surface area (Å²) in [6.07, 6.45) is 0. The average molecular weight is 318 g/mol. The normalized spacial score (nSPS) is 13.5. The van der Waals surface area contributed by atoms with Gasteiger partial charge in [-0.25, -0.2) is 0 Å². The Morgan fingerprint density at radius 3 is 2.55 bits per heavy atom. The van der Waals surface area contributed by atoms with Gasteiger partial charge in [-0.2, -0.15) is 0 Å². The van der Waals surface area contributed by atoms with Crippen molar-refractivity contribution >= 4 is 23.2 Å². The Morgan fingerprint density at radius 1 is 1.18 bits per heavy atom. The van der Waals surface area contributed by atoms with Crippen LogP contribution in [-0.4, -0.2) is 19.0 Å². The van der Waals surface area contributed by atoms with Crippen LogP contribution in [-0.2, 0) is 11.3 Å². The Balaban J connectivity index is 2.01. The zero-order chi connectivity index (χ0) is 16.1. The van der Waals surface area contributed by atoms with E-state index in [9.17, 15) is 4.79 Å². The summed E-state index contributed by atoms with van der Waals surface area (Å²) in [5.74, 6) is -0.00111. The largest absolute Gasteiger partial charge is 0.324 e. The minimum atomic E-state index is -0.154. The molecule has 0 saturated heterocycles. The molecule has 0 spiro atoms. The van der Waals surface area contributed by atoms with Crippen molar-refractivity contribution < 1.29 is 9.69 Å². The van der Waals surface area contributed by atoms with Crippen LogP contribution >= 0.6 is 11.6 Å². The highest BCUT2D eigenvalue weighted by Crippen LogP contribution is 2.22. The smallest absolute Gasteiger partial charge is 0.282 e. The van der Waals surface area contributed by atoms with Crippen LogP contribution in [0.15, 0.2) is 48.5 Å². The van der Waals surface area contributed by atoms with E-state index < -0.39 is 0 Å². The molecule has 1 amide bonds. The molecule has 0 bridgehead atoms. The number of benzene rings is 2. The molecule has 2 aromatic carbocycles. The number of carbonyl (C=O) groups is 1. The standard InChI is InChI=1S/C18H21ClN2O/c1-13-16(19)10-7-11-17(13)20-18(22)14(2)21(3)12-15-8-5-4-6-9-15/h4-11,14H,12H2,1-3H3,(H,20,22)/p+1/t14-/m0/s1. The summed E-state index contributed by atoms with van der Waals surface area (Å²) in [4.78, 5) is 13.6. The lowest BCUT2D eigenvalue weighted by molar-refractivity contribution is -0.907. The van der Waals surface area contributed by atoms with E-state index in [0.717, 1.165) is 22.7 Å². The van der Waals surface area contributed by atoms with Gasteiger partial charge in [0.2, 0.25) is 0 Å². The molecule has 0 aliphatic rings. The minimum Gasteiger partial charge on any atom is -0.324 e. The summed E-state index contributed by atoms with van der Waals surface area (Å²) >= 11 is 6.09. The maximum Gasteiger partial charge on any atom is 0.282 e. The number of nitrogens with one attached hydrogen (secondary N) is 2. The van der Waals surface area contributed by atoms with Gasteiger partial charge in [0.05, 0.1) is 7.05 Å². The number of anilines is 1. The van der Waals surface area contributed by atoms with Gasteiger partial charge in [0.1, 0.15) is 6.54 Å². The Kier molecular flexibility index (Phi) is 5.58. The average Bonchev–Trinajstić information content (AvgIpc) is 2.52. The Labute approximate surface area is 136 Å². The summed E-state index contributed by atoms with van der Waals surface area (Å²) in [7, 11) is 2.03.